The zero-order chi connectivity index (χ0) is 23.0. The number of nitrogens with zero attached hydrogens (tertiary/aromatic N) is 2. The third kappa shape index (κ3) is 4.04. The van der Waals surface area contributed by atoms with E-state index in [0.29, 0.717) is 21.8 Å². The number of hydrogen-bond donors (Lipinski definition) is 1. The number of halogens is 2. The molecule has 7 heteroatoms. The topological polar surface area (TPSA) is 60.9 Å². The van der Waals surface area contributed by atoms with E-state index in [1.54, 1.807) is 36.4 Å². The summed E-state index contributed by atoms with van der Waals surface area (Å²) in [6.07, 6.45) is 0. The zero-order valence-corrected chi connectivity index (χ0v) is 19.8. The number of hydrogen-bond acceptors (Lipinski definition) is 4. The first-order valence-corrected chi connectivity index (χ1v) is 11.0. The van der Waals surface area contributed by atoms with Gasteiger partial charge < -0.3 is 10.0 Å². The molecule has 0 unspecified atom stereocenters. The highest BCUT2D eigenvalue weighted by Crippen LogP contribution is 2.42. The quantitative estimate of drug-likeness (QED) is 0.273. The predicted octanol–water partition coefficient (Wildman–Crippen LogP) is 5.79. The number of carbonyl (C=O) groups is 2. The molecule has 0 bridgehead atoms. The Kier molecular flexibility index (Phi) is 6.09. The largest absolute Gasteiger partial charge is 0.507 e. The molecule has 1 aliphatic rings. The minimum Gasteiger partial charge on any atom is -0.507 e. The van der Waals surface area contributed by atoms with Gasteiger partial charge in [-0.05, 0) is 66.2 Å². The highest BCUT2D eigenvalue weighted by molar-refractivity contribution is 9.10. The number of aliphatic hydroxyl groups excluding tert-OH is 1. The van der Waals surface area contributed by atoms with Crippen molar-refractivity contribution in [2.75, 3.05) is 23.9 Å². The first-order chi connectivity index (χ1) is 15.3. The van der Waals surface area contributed by atoms with Gasteiger partial charge in [-0.3, -0.25) is 14.5 Å². The van der Waals surface area contributed by atoms with Crippen LogP contribution in [0.1, 0.15) is 17.2 Å². The molecule has 0 radical (unpaired) electrons. The van der Waals surface area contributed by atoms with Crippen LogP contribution in [0.15, 0.2) is 82.8 Å². The number of aliphatic hydroxyl groups is 1. The molecule has 1 heterocycles. The number of rotatable bonds is 4. The summed E-state index contributed by atoms with van der Waals surface area (Å²) in [6.45, 7) is 0. The number of benzene rings is 3. The number of amides is 1. The van der Waals surface area contributed by atoms with Gasteiger partial charge in [-0.25, -0.2) is 0 Å². The Morgan fingerprint density at radius 2 is 1.53 bits per heavy atom. The van der Waals surface area contributed by atoms with Crippen molar-refractivity contribution < 1.29 is 14.7 Å². The minimum absolute atomic E-state index is 0.0383. The van der Waals surface area contributed by atoms with Gasteiger partial charge in [-0.15, -0.1) is 0 Å². The lowest BCUT2D eigenvalue weighted by molar-refractivity contribution is -0.132. The Labute approximate surface area is 199 Å². The van der Waals surface area contributed by atoms with Crippen molar-refractivity contribution in [2.45, 2.75) is 6.04 Å². The SMILES string of the molecule is CN(C)c1ccc(N2C(=O)C(=O)/C(=C(/O)c3ccc(Cl)cc3)[C@@H]2c2ccc(Br)cc2)cc1. The zero-order valence-electron chi connectivity index (χ0n) is 17.4. The molecule has 1 N–H and O–H groups in total. The van der Waals surface area contributed by atoms with Crippen LogP contribution in [0, 0.1) is 0 Å². The lowest BCUT2D eigenvalue weighted by Gasteiger charge is -2.26. The molecule has 0 aliphatic carbocycles. The normalized spacial score (nSPS) is 17.6. The van der Waals surface area contributed by atoms with Crippen LogP contribution in [-0.2, 0) is 9.59 Å². The number of carbonyl (C=O) groups excluding carboxylic acids is 2. The Morgan fingerprint density at radius 3 is 2.09 bits per heavy atom. The highest BCUT2D eigenvalue weighted by atomic mass is 79.9. The van der Waals surface area contributed by atoms with E-state index in [9.17, 15) is 14.7 Å². The van der Waals surface area contributed by atoms with Crippen LogP contribution in [0.3, 0.4) is 0 Å². The molecule has 1 amide bonds. The molecular weight excluding hydrogens is 492 g/mol. The summed E-state index contributed by atoms with van der Waals surface area (Å²) in [6, 6.07) is 20.4. The molecular formula is C25H20BrClN2O3. The number of Topliss-reactive ketones (excluding diaryl/α,β-unsaturated/α-hetero) is 1. The van der Waals surface area contributed by atoms with Crippen LogP contribution >= 0.6 is 27.5 Å². The van der Waals surface area contributed by atoms with E-state index in [4.69, 9.17) is 11.6 Å². The minimum atomic E-state index is -0.774. The molecule has 3 aromatic rings. The first kappa shape index (κ1) is 22.1. The van der Waals surface area contributed by atoms with Crippen LogP contribution in [0.2, 0.25) is 5.02 Å². The van der Waals surface area contributed by atoms with Crippen molar-refractivity contribution >= 4 is 56.4 Å². The van der Waals surface area contributed by atoms with E-state index in [0.717, 1.165) is 10.2 Å². The van der Waals surface area contributed by atoms with Gasteiger partial charge in [0.15, 0.2) is 0 Å². The van der Waals surface area contributed by atoms with Gasteiger partial charge >= 0.3 is 0 Å². The fourth-order valence-corrected chi connectivity index (χ4v) is 4.12. The summed E-state index contributed by atoms with van der Waals surface area (Å²) in [7, 11) is 3.85. The average Bonchev–Trinajstić information content (AvgIpc) is 3.05. The molecule has 3 aromatic carbocycles. The molecule has 162 valence electrons. The van der Waals surface area contributed by atoms with Crippen LogP contribution < -0.4 is 9.80 Å². The molecule has 5 nitrogen and oxygen atoms in total. The van der Waals surface area contributed by atoms with Gasteiger partial charge in [0.05, 0.1) is 11.6 Å². The molecule has 1 atom stereocenters. The lowest BCUT2D eigenvalue weighted by Crippen LogP contribution is -2.29. The van der Waals surface area contributed by atoms with Gasteiger partial charge in [0.2, 0.25) is 0 Å². The van der Waals surface area contributed by atoms with Gasteiger partial charge in [-0.2, -0.15) is 0 Å². The fraction of sp³-hybridized carbons (Fsp3) is 0.120. The molecule has 1 saturated heterocycles. The van der Waals surface area contributed by atoms with Gasteiger partial charge in [0, 0.05) is 40.5 Å². The van der Waals surface area contributed by atoms with E-state index in [-0.39, 0.29) is 11.3 Å². The van der Waals surface area contributed by atoms with E-state index in [2.05, 4.69) is 15.9 Å². The monoisotopic (exact) mass is 510 g/mol. The smallest absolute Gasteiger partial charge is 0.300 e. The van der Waals surface area contributed by atoms with Crippen molar-refractivity contribution in [3.05, 3.63) is 99.0 Å². The maximum atomic E-state index is 13.2. The van der Waals surface area contributed by atoms with Crippen LogP contribution in [0.25, 0.3) is 5.76 Å². The van der Waals surface area contributed by atoms with Gasteiger partial charge in [0.1, 0.15) is 5.76 Å². The van der Waals surface area contributed by atoms with Gasteiger partial charge in [0.25, 0.3) is 11.7 Å². The maximum Gasteiger partial charge on any atom is 0.300 e. The standard InChI is InChI=1S/C25H20BrClN2O3/c1-28(2)19-11-13-20(14-12-19)29-22(15-3-7-17(26)8-4-15)21(24(31)25(29)32)23(30)16-5-9-18(27)10-6-16/h3-14,22,30H,1-2H3/b23-21+/t22-/m0/s1. The average molecular weight is 512 g/mol. The third-order valence-corrected chi connectivity index (χ3v) is 6.17. The van der Waals surface area contributed by atoms with Crippen molar-refractivity contribution in [3.63, 3.8) is 0 Å². The summed E-state index contributed by atoms with van der Waals surface area (Å²) < 4.78 is 0.867. The van der Waals surface area contributed by atoms with Crippen molar-refractivity contribution in [1.29, 1.82) is 0 Å². The Bertz CT molecular complexity index is 1200. The van der Waals surface area contributed by atoms with E-state index >= 15 is 0 Å². The van der Waals surface area contributed by atoms with E-state index in [1.807, 2.05) is 55.4 Å². The second-order valence-electron chi connectivity index (χ2n) is 7.64. The second-order valence-corrected chi connectivity index (χ2v) is 8.99. The Balaban J connectivity index is 1.90. The van der Waals surface area contributed by atoms with E-state index < -0.39 is 17.7 Å². The Hall–Kier alpha value is -3.09. The summed E-state index contributed by atoms with van der Waals surface area (Å²) in [4.78, 5) is 29.7. The molecule has 4 rings (SSSR count). The van der Waals surface area contributed by atoms with Crippen LogP contribution in [0.4, 0.5) is 11.4 Å². The second kappa shape index (κ2) is 8.81. The number of anilines is 2. The molecule has 1 fully saturated rings. The highest BCUT2D eigenvalue weighted by Gasteiger charge is 2.46. The van der Waals surface area contributed by atoms with E-state index in [1.165, 1.54) is 4.90 Å². The first-order valence-electron chi connectivity index (χ1n) is 9.87. The lowest BCUT2D eigenvalue weighted by atomic mass is 9.95. The summed E-state index contributed by atoms with van der Waals surface area (Å²) in [5.41, 5.74) is 2.70. The van der Waals surface area contributed by atoms with Crippen molar-refractivity contribution in [3.8, 4) is 0 Å². The maximum absolute atomic E-state index is 13.2. The molecule has 1 aliphatic heterocycles. The third-order valence-electron chi connectivity index (χ3n) is 5.39. The summed E-state index contributed by atoms with van der Waals surface area (Å²) in [5.74, 6) is -1.66. The predicted molar refractivity (Wildman–Crippen MR) is 131 cm³/mol. The fourth-order valence-electron chi connectivity index (χ4n) is 3.73. The van der Waals surface area contributed by atoms with Crippen LogP contribution in [0.5, 0.6) is 0 Å². The van der Waals surface area contributed by atoms with Gasteiger partial charge in [-0.1, -0.05) is 39.7 Å². The van der Waals surface area contributed by atoms with Crippen LogP contribution in [-0.4, -0.2) is 30.9 Å². The van der Waals surface area contributed by atoms with Crippen molar-refractivity contribution in [1.82, 2.24) is 0 Å². The summed E-state index contributed by atoms with van der Waals surface area (Å²) >= 11 is 9.39. The molecule has 0 spiro atoms. The molecule has 32 heavy (non-hydrogen) atoms. The molecule has 0 saturated carbocycles. The molecule has 0 aromatic heterocycles. The Morgan fingerprint density at radius 1 is 0.938 bits per heavy atom. The van der Waals surface area contributed by atoms with Crippen molar-refractivity contribution in [2.24, 2.45) is 0 Å². The number of ketones is 1. The summed E-state index contributed by atoms with van der Waals surface area (Å²) in [5, 5.41) is 11.6.